The molecule has 1 nitrogen and oxygen atoms in total. The van der Waals surface area contributed by atoms with Crippen molar-refractivity contribution in [1.29, 1.82) is 0 Å². The second kappa shape index (κ2) is 3.46. The fourth-order valence-electron chi connectivity index (χ4n) is 1.60. The van der Waals surface area contributed by atoms with Crippen LogP contribution in [0.3, 0.4) is 0 Å². The van der Waals surface area contributed by atoms with E-state index in [-0.39, 0.29) is 0 Å². The molecule has 0 fully saturated rings. The van der Waals surface area contributed by atoms with Crippen molar-refractivity contribution in [2.24, 2.45) is 5.73 Å². The second-order valence-corrected chi connectivity index (χ2v) is 3.52. The Balaban J connectivity index is 3.24. The molecule has 0 radical (unpaired) electrons. The Morgan fingerprint density at radius 2 is 2.08 bits per heavy atom. The summed E-state index contributed by atoms with van der Waals surface area (Å²) in [7, 11) is 0. The number of alkyl halides is 1. The van der Waals surface area contributed by atoms with Gasteiger partial charge in [-0.15, -0.1) is 0 Å². The summed E-state index contributed by atoms with van der Waals surface area (Å²) in [4.78, 5) is 0. The highest BCUT2D eigenvalue weighted by molar-refractivity contribution is 5.37. The maximum atomic E-state index is 13.5. The molecular formula is C11H16FN. The van der Waals surface area contributed by atoms with Crippen molar-refractivity contribution in [2.45, 2.75) is 33.0 Å². The first-order valence-corrected chi connectivity index (χ1v) is 4.53. The van der Waals surface area contributed by atoms with Crippen molar-refractivity contribution >= 4 is 0 Å². The van der Waals surface area contributed by atoms with Crippen molar-refractivity contribution in [1.82, 2.24) is 0 Å². The van der Waals surface area contributed by atoms with Crippen molar-refractivity contribution < 1.29 is 4.39 Å². The minimum Gasteiger partial charge on any atom is -0.296 e. The monoisotopic (exact) mass is 181 g/mol. The van der Waals surface area contributed by atoms with E-state index in [0.717, 1.165) is 17.5 Å². The van der Waals surface area contributed by atoms with Crippen molar-refractivity contribution in [3.63, 3.8) is 0 Å². The van der Waals surface area contributed by atoms with Gasteiger partial charge in [-0.1, -0.05) is 25.1 Å². The largest absolute Gasteiger partial charge is 0.296 e. The molecule has 0 spiro atoms. The lowest BCUT2D eigenvalue weighted by atomic mass is 9.95. The Morgan fingerprint density at radius 3 is 2.54 bits per heavy atom. The summed E-state index contributed by atoms with van der Waals surface area (Å²) < 4.78 is 13.5. The molecule has 1 rings (SSSR count). The van der Waals surface area contributed by atoms with Gasteiger partial charge >= 0.3 is 0 Å². The number of benzene rings is 1. The molecule has 0 amide bonds. The van der Waals surface area contributed by atoms with Crippen LogP contribution in [0.2, 0.25) is 0 Å². The minimum atomic E-state index is -1.73. The standard InChI is InChI=1S/C11H16FN/c1-4-9-6-5-7-10(8(9)2)11(3,12)13/h5-7H,4,13H2,1-3H3. The van der Waals surface area contributed by atoms with E-state index >= 15 is 0 Å². The third-order valence-corrected chi connectivity index (χ3v) is 2.35. The third kappa shape index (κ3) is 2.07. The molecule has 1 unspecified atom stereocenters. The summed E-state index contributed by atoms with van der Waals surface area (Å²) in [5.41, 5.74) is 8.13. The first-order chi connectivity index (χ1) is 5.96. The summed E-state index contributed by atoms with van der Waals surface area (Å²) in [5.74, 6) is -1.73. The van der Waals surface area contributed by atoms with Gasteiger partial charge in [0.25, 0.3) is 0 Å². The Hall–Kier alpha value is -0.890. The van der Waals surface area contributed by atoms with E-state index in [1.54, 1.807) is 6.07 Å². The van der Waals surface area contributed by atoms with Crippen molar-refractivity contribution in [2.75, 3.05) is 0 Å². The summed E-state index contributed by atoms with van der Waals surface area (Å²) >= 11 is 0. The predicted octanol–water partition coefficient (Wildman–Crippen LogP) is 2.66. The van der Waals surface area contributed by atoms with E-state index in [0.29, 0.717) is 5.56 Å². The van der Waals surface area contributed by atoms with Gasteiger partial charge in [0.2, 0.25) is 0 Å². The average molecular weight is 181 g/mol. The fourth-order valence-corrected chi connectivity index (χ4v) is 1.60. The van der Waals surface area contributed by atoms with Gasteiger partial charge in [-0.2, -0.15) is 0 Å². The van der Waals surface area contributed by atoms with Crippen molar-refractivity contribution in [3.8, 4) is 0 Å². The van der Waals surface area contributed by atoms with E-state index in [4.69, 9.17) is 5.73 Å². The molecule has 0 aliphatic carbocycles. The molecule has 0 aliphatic heterocycles. The maximum Gasteiger partial charge on any atom is 0.182 e. The molecule has 0 aliphatic rings. The zero-order valence-corrected chi connectivity index (χ0v) is 8.39. The van der Waals surface area contributed by atoms with Gasteiger partial charge in [0.1, 0.15) is 0 Å². The lowest BCUT2D eigenvalue weighted by Crippen LogP contribution is -2.28. The number of aryl methyl sites for hydroxylation is 1. The number of rotatable bonds is 2. The van der Waals surface area contributed by atoms with Crippen LogP contribution in [0.15, 0.2) is 18.2 Å². The quantitative estimate of drug-likeness (QED) is 0.697. The summed E-state index contributed by atoms with van der Waals surface area (Å²) in [6.45, 7) is 5.35. The molecule has 13 heavy (non-hydrogen) atoms. The van der Waals surface area contributed by atoms with Crippen LogP contribution in [0, 0.1) is 6.92 Å². The first-order valence-electron chi connectivity index (χ1n) is 4.53. The molecule has 72 valence electrons. The molecule has 1 aromatic carbocycles. The highest BCUT2D eigenvalue weighted by Crippen LogP contribution is 2.25. The first kappa shape index (κ1) is 10.2. The van der Waals surface area contributed by atoms with E-state index in [1.165, 1.54) is 6.92 Å². The molecule has 0 saturated carbocycles. The lowest BCUT2D eigenvalue weighted by Gasteiger charge is -2.19. The highest BCUT2D eigenvalue weighted by atomic mass is 19.1. The molecule has 0 saturated heterocycles. The number of nitrogens with two attached hydrogens (primary N) is 1. The summed E-state index contributed by atoms with van der Waals surface area (Å²) in [6.07, 6.45) is 0.912. The molecule has 2 heteroatoms. The Morgan fingerprint density at radius 1 is 1.46 bits per heavy atom. The molecular weight excluding hydrogens is 165 g/mol. The topological polar surface area (TPSA) is 26.0 Å². The molecule has 2 N–H and O–H groups in total. The van der Waals surface area contributed by atoms with Crippen LogP contribution in [0.5, 0.6) is 0 Å². The van der Waals surface area contributed by atoms with Gasteiger partial charge in [-0.05, 0) is 31.4 Å². The van der Waals surface area contributed by atoms with E-state index in [1.807, 2.05) is 19.1 Å². The fraction of sp³-hybridized carbons (Fsp3) is 0.455. The Bertz CT molecular complexity index is 299. The highest BCUT2D eigenvalue weighted by Gasteiger charge is 2.21. The smallest absolute Gasteiger partial charge is 0.182 e. The molecule has 0 bridgehead atoms. The minimum absolute atomic E-state index is 0.590. The zero-order valence-electron chi connectivity index (χ0n) is 8.39. The van der Waals surface area contributed by atoms with Crippen LogP contribution in [-0.2, 0) is 12.2 Å². The number of halogens is 1. The zero-order chi connectivity index (χ0) is 10.1. The van der Waals surface area contributed by atoms with Gasteiger partial charge in [0.05, 0.1) is 0 Å². The Kier molecular flexibility index (Phi) is 2.71. The van der Waals surface area contributed by atoms with Gasteiger partial charge < -0.3 is 0 Å². The van der Waals surface area contributed by atoms with E-state index in [9.17, 15) is 4.39 Å². The summed E-state index contributed by atoms with van der Waals surface area (Å²) in [5, 5.41) is 0. The lowest BCUT2D eigenvalue weighted by molar-refractivity contribution is 0.202. The molecule has 1 aromatic rings. The second-order valence-electron chi connectivity index (χ2n) is 3.52. The predicted molar refractivity (Wildman–Crippen MR) is 53.2 cm³/mol. The summed E-state index contributed by atoms with van der Waals surface area (Å²) in [6, 6.07) is 5.60. The van der Waals surface area contributed by atoms with Gasteiger partial charge in [-0.25, -0.2) is 4.39 Å². The van der Waals surface area contributed by atoms with E-state index < -0.39 is 5.79 Å². The molecule has 0 heterocycles. The molecule has 1 atom stereocenters. The number of hydrogen-bond acceptors (Lipinski definition) is 1. The average Bonchev–Trinajstić information content (AvgIpc) is 2.02. The van der Waals surface area contributed by atoms with Gasteiger partial charge in [0, 0.05) is 5.56 Å². The van der Waals surface area contributed by atoms with Crippen LogP contribution >= 0.6 is 0 Å². The Labute approximate surface area is 78.8 Å². The van der Waals surface area contributed by atoms with Gasteiger partial charge in [-0.3, -0.25) is 5.73 Å². The van der Waals surface area contributed by atoms with Crippen LogP contribution in [0.25, 0.3) is 0 Å². The molecule has 0 aromatic heterocycles. The van der Waals surface area contributed by atoms with Gasteiger partial charge in [0.15, 0.2) is 5.79 Å². The van der Waals surface area contributed by atoms with Crippen LogP contribution < -0.4 is 5.73 Å². The van der Waals surface area contributed by atoms with Crippen molar-refractivity contribution in [3.05, 3.63) is 34.9 Å². The maximum absolute atomic E-state index is 13.5. The third-order valence-electron chi connectivity index (χ3n) is 2.35. The van der Waals surface area contributed by atoms with Crippen LogP contribution in [-0.4, -0.2) is 0 Å². The van der Waals surface area contributed by atoms with Crippen LogP contribution in [0.4, 0.5) is 4.39 Å². The number of hydrogen-bond donors (Lipinski definition) is 1. The SMILES string of the molecule is CCc1cccc(C(C)(N)F)c1C. The van der Waals surface area contributed by atoms with Crippen LogP contribution in [0.1, 0.15) is 30.5 Å². The normalized spacial score (nSPS) is 15.5. The van der Waals surface area contributed by atoms with E-state index in [2.05, 4.69) is 6.92 Å².